The molecule has 0 saturated heterocycles. The summed E-state index contributed by atoms with van der Waals surface area (Å²) >= 11 is 1.42. The Bertz CT molecular complexity index is 676. The van der Waals surface area contributed by atoms with Crippen molar-refractivity contribution in [3.63, 3.8) is 0 Å². The number of aromatic nitrogens is 3. The van der Waals surface area contributed by atoms with E-state index in [1.165, 1.54) is 11.5 Å². The van der Waals surface area contributed by atoms with Crippen molar-refractivity contribution < 1.29 is 0 Å². The number of pyridine rings is 2. The molecule has 2 N–H and O–H groups in total. The number of anilines is 1. The van der Waals surface area contributed by atoms with Crippen LogP contribution in [0, 0.1) is 6.92 Å². The van der Waals surface area contributed by atoms with Gasteiger partial charge < -0.3 is 5.73 Å². The van der Waals surface area contributed by atoms with E-state index in [2.05, 4.69) is 14.3 Å². The zero-order valence-electron chi connectivity index (χ0n) is 9.21. The van der Waals surface area contributed by atoms with Gasteiger partial charge in [0.15, 0.2) is 0 Å². The first kappa shape index (κ1) is 10.2. The average molecular weight is 242 g/mol. The Morgan fingerprint density at radius 2 is 2.12 bits per heavy atom. The lowest BCUT2D eigenvalue weighted by Crippen LogP contribution is -1.95. The van der Waals surface area contributed by atoms with Crippen molar-refractivity contribution in [2.24, 2.45) is 0 Å². The van der Waals surface area contributed by atoms with Crippen molar-refractivity contribution in [3.8, 4) is 11.3 Å². The lowest BCUT2D eigenvalue weighted by molar-refractivity contribution is 1.30. The van der Waals surface area contributed by atoms with Crippen molar-refractivity contribution in [1.29, 1.82) is 0 Å². The molecular formula is C12H10N4S. The van der Waals surface area contributed by atoms with Gasteiger partial charge in [-0.3, -0.25) is 0 Å². The highest BCUT2D eigenvalue weighted by Gasteiger charge is 2.06. The summed E-state index contributed by atoms with van der Waals surface area (Å²) < 4.78 is 4.08. The van der Waals surface area contributed by atoms with Crippen LogP contribution in [0.25, 0.3) is 22.3 Å². The van der Waals surface area contributed by atoms with E-state index in [-0.39, 0.29) is 0 Å². The third-order valence-electron chi connectivity index (χ3n) is 2.59. The quantitative estimate of drug-likeness (QED) is 0.712. The van der Waals surface area contributed by atoms with Gasteiger partial charge in [-0.1, -0.05) is 0 Å². The summed E-state index contributed by atoms with van der Waals surface area (Å²) in [5.74, 6) is 0.529. The fourth-order valence-electron chi connectivity index (χ4n) is 1.79. The Morgan fingerprint density at radius 3 is 2.88 bits per heavy atom. The monoisotopic (exact) mass is 242 g/mol. The summed E-state index contributed by atoms with van der Waals surface area (Å²) in [6.07, 6.45) is 1.82. The van der Waals surface area contributed by atoms with Crippen LogP contribution in [0.2, 0.25) is 0 Å². The molecule has 84 valence electrons. The second kappa shape index (κ2) is 3.78. The maximum atomic E-state index is 5.71. The molecule has 0 fully saturated rings. The maximum Gasteiger partial charge on any atom is 0.124 e. The lowest BCUT2D eigenvalue weighted by atomic mass is 10.1. The van der Waals surface area contributed by atoms with E-state index in [4.69, 9.17) is 5.73 Å². The van der Waals surface area contributed by atoms with E-state index in [0.29, 0.717) is 5.82 Å². The minimum atomic E-state index is 0.529. The molecule has 3 aromatic heterocycles. The van der Waals surface area contributed by atoms with Gasteiger partial charge in [0, 0.05) is 10.9 Å². The number of nitrogens with two attached hydrogens (primary N) is 1. The minimum absolute atomic E-state index is 0.529. The van der Waals surface area contributed by atoms with Crippen molar-refractivity contribution in [1.82, 2.24) is 14.3 Å². The molecule has 0 bridgehead atoms. The van der Waals surface area contributed by atoms with Crippen LogP contribution in [0.5, 0.6) is 0 Å². The number of fused-ring (bicyclic) bond motifs is 1. The largest absolute Gasteiger partial charge is 0.384 e. The molecule has 5 heteroatoms. The van der Waals surface area contributed by atoms with E-state index in [1.54, 1.807) is 0 Å². The normalized spacial score (nSPS) is 10.9. The first-order valence-corrected chi connectivity index (χ1v) is 6.01. The van der Waals surface area contributed by atoms with Crippen LogP contribution in [-0.2, 0) is 0 Å². The number of hydrogen-bond donors (Lipinski definition) is 1. The van der Waals surface area contributed by atoms with Gasteiger partial charge >= 0.3 is 0 Å². The molecule has 0 saturated carbocycles. The van der Waals surface area contributed by atoms with Gasteiger partial charge in [-0.05, 0) is 42.2 Å². The molecule has 3 aromatic rings. The fourth-order valence-corrected chi connectivity index (χ4v) is 2.32. The number of rotatable bonds is 1. The molecule has 3 heterocycles. The summed E-state index contributed by atoms with van der Waals surface area (Å²) in [6.45, 7) is 1.99. The van der Waals surface area contributed by atoms with Crippen LogP contribution < -0.4 is 5.73 Å². The van der Waals surface area contributed by atoms with Crippen LogP contribution in [0.1, 0.15) is 5.56 Å². The van der Waals surface area contributed by atoms with Gasteiger partial charge in [0.2, 0.25) is 0 Å². The Morgan fingerprint density at radius 1 is 1.24 bits per heavy atom. The molecule has 0 radical (unpaired) electrons. The second-order valence-corrected chi connectivity index (χ2v) is 4.50. The van der Waals surface area contributed by atoms with E-state index in [0.717, 1.165) is 27.9 Å². The molecule has 0 unspecified atom stereocenters. The summed E-state index contributed by atoms with van der Waals surface area (Å²) in [7, 11) is 0. The second-order valence-electron chi connectivity index (χ2n) is 3.84. The van der Waals surface area contributed by atoms with Crippen molar-refractivity contribution in [3.05, 3.63) is 35.3 Å². The maximum absolute atomic E-state index is 5.71. The summed E-state index contributed by atoms with van der Waals surface area (Å²) in [6, 6.07) is 5.72. The van der Waals surface area contributed by atoms with Gasteiger partial charge in [0.25, 0.3) is 0 Å². The summed E-state index contributed by atoms with van der Waals surface area (Å²) in [5.41, 5.74) is 10.4. The highest BCUT2D eigenvalue weighted by atomic mass is 32.1. The van der Waals surface area contributed by atoms with Gasteiger partial charge in [-0.15, -0.1) is 0 Å². The molecule has 0 amide bonds. The molecule has 0 aromatic carbocycles. The fraction of sp³-hybridized carbons (Fsp3) is 0.0833. The van der Waals surface area contributed by atoms with E-state index in [9.17, 15) is 0 Å². The lowest BCUT2D eigenvalue weighted by Gasteiger charge is -2.04. The van der Waals surface area contributed by atoms with Gasteiger partial charge in [-0.2, -0.15) is 0 Å². The molecule has 0 spiro atoms. The molecule has 0 aliphatic heterocycles. The Hall–Kier alpha value is -2.01. The van der Waals surface area contributed by atoms with Crippen molar-refractivity contribution >= 4 is 28.4 Å². The zero-order chi connectivity index (χ0) is 11.8. The zero-order valence-corrected chi connectivity index (χ0v) is 10.0. The molecule has 0 aliphatic rings. The standard InChI is InChI=1S/C12H10N4S/c1-7-4-11(13)15-10-3-2-9(16-12(7)10)8-5-14-17-6-8/h2-6H,1H3,(H2,13,15). The Kier molecular flexibility index (Phi) is 2.26. The molecule has 0 aliphatic carbocycles. The third-order valence-corrected chi connectivity index (χ3v) is 3.18. The number of nitrogen functional groups attached to an aromatic ring is 1. The van der Waals surface area contributed by atoms with E-state index in [1.807, 2.05) is 36.7 Å². The first-order valence-electron chi connectivity index (χ1n) is 5.17. The highest BCUT2D eigenvalue weighted by molar-refractivity contribution is 7.03. The summed E-state index contributed by atoms with van der Waals surface area (Å²) in [5, 5.41) is 1.98. The summed E-state index contributed by atoms with van der Waals surface area (Å²) in [4.78, 5) is 8.87. The number of aryl methyl sites for hydroxylation is 1. The predicted octanol–water partition coefficient (Wildman–Crippen LogP) is 2.64. The van der Waals surface area contributed by atoms with E-state index < -0.39 is 0 Å². The third kappa shape index (κ3) is 1.74. The molecule has 3 rings (SSSR count). The predicted molar refractivity (Wildman–Crippen MR) is 69.8 cm³/mol. The Labute approximate surface area is 102 Å². The van der Waals surface area contributed by atoms with Crippen molar-refractivity contribution in [2.45, 2.75) is 6.92 Å². The number of hydrogen-bond acceptors (Lipinski definition) is 5. The van der Waals surface area contributed by atoms with Crippen LogP contribution in [-0.4, -0.2) is 14.3 Å². The van der Waals surface area contributed by atoms with Gasteiger partial charge in [0.1, 0.15) is 5.82 Å². The van der Waals surface area contributed by atoms with E-state index >= 15 is 0 Å². The van der Waals surface area contributed by atoms with Gasteiger partial charge in [0.05, 0.1) is 22.9 Å². The van der Waals surface area contributed by atoms with Crippen LogP contribution in [0.15, 0.2) is 29.8 Å². The Balaban J connectivity index is 2.26. The molecule has 0 atom stereocenters. The molecular weight excluding hydrogens is 232 g/mol. The topological polar surface area (TPSA) is 64.7 Å². The van der Waals surface area contributed by atoms with Crippen LogP contribution >= 0.6 is 11.5 Å². The minimum Gasteiger partial charge on any atom is -0.384 e. The molecule has 17 heavy (non-hydrogen) atoms. The first-order chi connectivity index (χ1) is 8.24. The van der Waals surface area contributed by atoms with Gasteiger partial charge in [-0.25, -0.2) is 14.3 Å². The van der Waals surface area contributed by atoms with Crippen LogP contribution in [0.3, 0.4) is 0 Å². The van der Waals surface area contributed by atoms with Crippen molar-refractivity contribution in [2.75, 3.05) is 5.73 Å². The highest BCUT2D eigenvalue weighted by Crippen LogP contribution is 2.23. The molecule has 4 nitrogen and oxygen atoms in total. The average Bonchev–Trinajstić information content (AvgIpc) is 2.82. The number of nitrogens with zero attached hydrogens (tertiary/aromatic N) is 3. The smallest absolute Gasteiger partial charge is 0.124 e. The SMILES string of the molecule is Cc1cc(N)nc2ccc(-c3cnsc3)nc12. The van der Waals surface area contributed by atoms with Crippen LogP contribution in [0.4, 0.5) is 5.82 Å².